The van der Waals surface area contributed by atoms with Crippen LogP contribution in [0.2, 0.25) is 5.02 Å². The zero-order valence-corrected chi connectivity index (χ0v) is 19.3. The molecule has 11 heteroatoms. The van der Waals surface area contributed by atoms with Crippen LogP contribution in [0, 0.1) is 12.7 Å². The Kier molecular flexibility index (Phi) is 7.21. The van der Waals surface area contributed by atoms with Gasteiger partial charge in [0.1, 0.15) is 5.82 Å². The predicted molar refractivity (Wildman–Crippen MR) is 118 cm³/mol. The van der Waals surface area contributed by atoms with E-state index >= 15 is 0 Å². The fraction of sp³-hybridized carbons (Fsp3) is 0.400. The summed E-state index contributed by atoms with van der Waals surface area (Å²) >= 11 is 8.93. The van der Waals surface area contributed by atoms with Crippen LogP contribution in [-0.2, 0) is 17.8 Å². The van der Waals surface area contributed by atoms with Crippen molar-refractivity contribution in [1.29, 1.82) is 0 Å². The number of benzene rings is 1. The lowest BCUT2D eigenvalue weighted by Crippen LogP contribution is -2.48. The smallest absolute Gasteiger partial charge is 0.277 e. The predicted octanol–water partition coefficient (Wildman–Crippen LogP) is 3.65. The number of amides is 1. The Balaban J connectivity index is 1.22. The van der Waals surface area contributed by atoms with Gasteiger partial charge in [-0.1, -0.05) is 29.4 Å². The number of hydrogen-bond acceptors (Lipinski definition) is 8. The molecule has 0 saturated carbocycles. The van der Waals surface area contributed by atoms with E-state index in [0.29, 0.717) is 60.8 Å². The van der Waals surface area contributed by atoms with E-state index in [9.17, 15) is 9.18 Å². The second kappa shape index (κ2) is 10.1. The third-order valence-corrected chi connectivity index (χ3v) is 6.91. The van der Waals surface area contributed by atoms with E-state index in [0.717, 1.165) is 10.7 Å². The first kappa shape index (κ1) is 22.2. The number of aryl methyl sites for hydroxylation is 1. The fourth-order valence-corrected chi connectivity index (χ4v) is 4.81. The first-order valence-electron chi connectivity index (χ1n) is 9.77. The van der Waals surface area contributed by atoms with Crippen molar-refractivity contribution < 1.29 is 13.6 Å². The third kappa shape index (κ3) is 5.82. The van der Waals surface area contributed by atoms with Gasteiger partial charge in [-0.3, -0.25) is 9.69 Å². The van der Waals surface area contributed by atoms with Crippen LogP contribution in [0.4, 0.5) is 4.39 Å². The molecule has 0 unspecified atom stereocenters. The molecule has 1 aromatic carbocycles. The molecular formula is C20H21ClFN5O2S2. The number of thiazole rings is 1. The fourth-order valence-electron chi connectivity index (χ4n) is 3.29. The van der Waals surface area contributed by atoms with E-state index in [1.807, 2.05) is 17.2 Å². The highest BCUT2D eigenvalue weighted by atomic mass is 35.5. The van der Waals surface area contributed by atoms with Crippen LogP contribution in [0.5, 0.6) is 0 Å². The van der Waals surface area contributed by atoms with E-state index in [-0.39, 0.29) is 17.5 Å². The number of aromatic nitrogens is 3. The van der Waals surface area contributed by atoms with Gasteiger partial charge in [0.15, 0.2) is 0 Å². The van der Waals surface area contributed by atoms with Gasteiger partial charge in [0, 0.05) is 48.7 Å². The lowest BCUT2D eigenvalue weighted by atomic mass is 10.2. The molecule has 3 heterocycles. The summed E-state index contributed by atoms with van der Waals surface area (Å²) in [5.74, 6) is 0.437. The summed E-state index contributed by atoms with van der Waals surface area (Å²) in [4.78, 5) is 20.8. The second-order valence-electron chi connectivity index (χ2n) is 7.14. The largest absolute Gasteiger partial charge is 0.416 e. The minimum absolute atomic E-state index is 0.0171. The quantitative estimate of drug-likeness (QED) is 0.477. The van der Waals surface area contributed by atoms with Crippen molar-refractivity contribution >= 4 is 40.6 Å². The average Bonchev–Trinajstić information content (AvgIpc) is 3.38. The monoisotopic (exact) mass is 481 g/mol. The number of carbonyl (C=O) groups excluding carboxylic acids is 1. The number of halogens is 2. The molecule has 164 valence electrons. The molecule has 7 nitrogen and oxygen atoms in total. The first-order chi connectivity index (χ1) is 15.0. The molecule has 1 aliphatic rings. The van der Waals surface area contributed by atoms with E-state index < -0.39 is 0 Å². The molecule has 0 radical (unpaired) electrons. The van der Waals surface area contributed by atoms with Crippen LogP contribution in [0.25, 0.3) is 0 Å². The van der Waals surface area contributed by atoms with Crippen LogP contribution in [-0.4, -0.2) is 62.8 Å². The third-order valence-electron chi connectivity index (χ3n) is 4.93. The number of nitrogens with zero attached hydrogens (tertiary/aromatic N) is 5. The Morgan fingerprint density at radius 1 is 1.29 bits per heavy atom. The van der Waals surface area contributed by atoms with E-state index in [2.05, 4.69) is 20.1 Å². The molecular weight excluding hydrogens is 461 g/mol. The molecule has 1 saturated heterocycles. The highest BCUT2D eigenvalue weighted by Crippen LogP contribution is 2.22. The zero-order valence-electron chi connectivity index (χ0n) is 16.9. The Hall–Kier alpha value is -2.01. The summed E-state index contributed by atoms with van der Waals surface area (Å²) in [7, 11) is 0. The van der Waals surface area contributed by atoms with Gasteiger partial charge in [-0.25, -0.2) is 9.37 Å². The maximum atomic E-state index is 14.0. The molecule has 0 bridgehead atoms. The number of thioether (sulfide) groups is 1. The topological polar surface area (TPSA) is 75.4 Å². The average molecular weight is 482 g/mol. The highest BCUT2D eigenvalue weighted by molar-refractivity contribution is 7.99. The lowest BCUT2D eigenvalue weighted by molar-refractivity contribution is -0.130. The minimum Gasteiger partial charge on any atom is -0.416 e. The number of rotatable bonds is 7. The van der Waals surface area contributed by atoms with Crippen LogP contribution < -0.4 is 0 Å². The summed E-state index contributed by atoms with van der Waals surface area (Å²) in [6, 6.07) is 4.71. The van der Waals surface area contributed by atoms with Crippen molar-refractivity contribution in [2.75, 3.05) is 31.9 Å². The molecule has 2 aromatic heterocycles. The summed E-state index contributed by atoms with van der Waals surface area (Å²) in [6.07, 6.45) is 0.486. The number of carbonyl (C=O) groups is 1. The van der Waals surface area contributed by atoms with Gasteiger partial charge in [-0.15, -0.1) is 21.5 Å². The van der Waals surface area contributed by atoms with Gasteiger partial charge in [-0.05, 0) is 19.1 Å². The van der Waals surface area contributed by atoms with E-state index in [1.54, 1.807) is 23.5 Å². The van der Waals surface area contributed by atoms with Crippen LogP contribution in [0.3, 0.4) is 0 Å². The molecule has 1 amide bonds. The SMILES string of the molecule is Cc1nc(Cc2nnc(SCC(=O)N3CCN(Cc4c(F)cccc4Cl)CC3)o2)cs1. The normalized spacial score (nSPS) is 14.9. The summed E-state index contributed by atoms with van der Waals surface area (Å²) in [5, 5.41) is 11.8. The number of piperazine rings is 1. The molecule has 1 aliphatic heterocycles. The van der Waals surface area contributed by atoms with Crippen LogP contribution >= 0.6 is 34.7 Å². The Morgan fingerprint density at radius 3 is 2.81 bits per heavy atom. The molecule has 3 aromatic rings. The Bertz CT molecular complexity index is 1030. The van der Waals surface area contributed by atoms with Gasteiger partial charge in [-0.2, -0.15) is 0 Å². The van der Waals surface area contributed by atoms with Gasteiger partial charge < -0.3 is 9.32 Å². The van der Waals surface area contributed by atoms with Crippen molar-refractivity contribution in [2.24, 2.45) is 0 Å². The minimum atomic E-state index is -0.300. The van der Waals surface area contributed by atoms with Crippen LogP contribution in [0.15, 0.2) is 33.2 Å². The van der Waals surface area contributed by atoms with Gasteiger partial charge in [0.05, 0.1) is 22.9 Å². The highest BCUT2D eigenvalue weighted by Gasteiger charge is 2.23. The van der Waals surface area contributed by atoms with Gasteiger partial charge in [0.25, 0.3) is 5.22 Å². The van der Waals surface area contributed by atoms with E-state index in [1.165, 1.54) is 17.8 Å². The van der Waals surface area contributed by atoms with Crippen molar-refractivity contribution in [1.82, 2.24) is 25.0 Å². The van der Waals surface area contributed by atoms with Crippen molar-refractivity contribution in [3.05, 3.63) is 56.6 Å². The van der Waals surface area contributed by atoms with Crippen molar-refractivity contribution in [3.63, 3.8) is 0 Å². The molecule has 0 aliphatic carbocycles. The number of hydrogen-bond donors (Lipinski definition) is 0. The summed E-state index contributed by atoms with van der Waals surface area (Å²) < 4.78 is 19.6. The Labute approximate surface area is 192 Å². The summed E-state index contributed by atoms with van der Waals surface area (Å²) in [5.41, 5.74) is 1.40. The van der Waals surface area contributed by atoms with Crippen molar-refractivity contribution in [2.45, 2.75) is 25.1 Å². The maximum Gasteiger partial charge on any atom is 0.277 e. The van der Waals surface area contributed by atoms with E-state index in [4.69, 9.17) is 16.0 Å². The maximum absolute atomic E-state index is 14.0. The molecule has 31 heavy (non-hydrogen) atoms. The zero-order chi connectivity index (χ0) is 21.8. The molecule has 0 spiro atoms. The van der Waals surface area contributed by atoms with Gasteiger partial charge in [0.2, 0.25) is 11.8 Å². The molecule has 1 fully saturated rings. The van der Waals surface area contributed by atoms with Gasteiger partial charge >= 0.3 is 0 Å². The second-order valence-corrected chi connectivity index (χ2v) is 9.54. The standard InChI is InChI=1S/C20H21ClFN5O2S2/c1-13-23-14(11-30-13)9-18-24-25-20(29-18)31-12-19(28)27-7-5-26(6-8-27)10-15-16(21)3-2-4-17(15)22/h2-4,11H,5-10,12H2,1H3. The molecule has 4 rings (SSSR count). The summed E-state index contributed by atoms with van der Waals surface area (Å²) in [6.45, 7) is 4.89. The lowest BCUT2D eigenvalue weighted by Gasteiger charge is -2.34. The first-order valence-corrected chi connectivity index (χ1v) is 12.0. The molecule has 0 atom stereocenters. The molecule has 0 N–H and O–H groups in total. The van der Waals surface area contributed by atoms with Crippen LogP contribution in [0.1, 0.15) is 22.2 Å². The van der Waals surface area contributed by atoms with Crippen molar-refractivity contribution in [3.8, 4) is 0 Å². The Morgan fingerprint density at radius 2 is 2.10 bits per heavy atom.